The van der Waals surface area contributed by atoms with Crippen LogP contribution >= 0.6 is 11.6 Å². The van der Waals surface area contributed by atoms with Gasteiger partial charge >= 0.3 is 6.01 Å². The molecule has 0 unspecified atom stereocenters. The Bertz CT molecular complexity index is 887. The number of halogens is 1. The summed E-state index contributed by atoms with van der Waals surface area (Å²) in [5.74, 6) is -0.912. The van der Waals surface area contributed by atoms with Crippen LogP contribution in [0, 0.1) is 6.92 Å². The standard InChI is InChI=1S/C16H12ClN3O4/c1-9-4-5-10(7-11(9)17)18-14(21)12-8-24-16(19-12)20-15(22)13-3-2-6-23-13/h2-8H,1H3,(H,18,21)(H,19,20,22). The van der Waals surface area contributed by atoms with E-state index in [1.165, 1.54) is 12.3 Å². The van der Waals surface area contributed by atoms with Crippen LogP contribution < -0.4 is 10.6 Å². The van der Waals surface area contributed by atoms with Crippen molar-refractivity contribution in [2.24, 2.45) is 0 Å². The maximum absolute atomic E-state index is 12.1. The molecule has 0 aliphatic rings. The number of hydrogen-bond acceptors (Lipinski definition) is 5. The molecule has 122 valence electrons. The number of nitrogens with zero attached hydrogens (tertiary/aromatic N) is 1. The lowest BCUT2D eigenvalue weighted by molar-refractivity contribution is 0.0990. The normalized spacial score (nSPS) is 10.4. The SMILES string of the molecule is Cc1ccc(NC(=O)c2coc(NC(=O)c3ccco3)n2)cc1Cl. The Morgan fingerprint density at radius 1 is 1.12 bits per heavy atom. The average molecular weight is 346 g/mol. The number of aromatic nitrogens is 1. The van der Waals surface area contributed by atoms with Gasteiger partial charge in [-0.05, 0) is 36.8 Å². The summed E-state index contributed by atoms with van der Waals surface area (Å²) in [5.41, 5.74) is 1.44. The third kappa shape index (κ3) is 3.47. The summed E-state index contributed by atoms with van der Waals surface area (Å²) in [7, 11) is 0. The molecule has 0 aliphatic heterocycles. The molecule has 24 heavy (non-hydrogen) atoms. The number of carbonyl (C=O) groups is 2. The zero-order valence-corrected chi connectivity index (χ0v) is 13.3. The molecule has 2 amide bonds. The quantitative estimate of drug-likeness (QED) is 0.750. The second-order valence-corrected chi connectivity index (χ2v) is 5.29. The first-order valence-electron chi connectivity index (χ1n) is 6.91. The fourth-order valence-electron chi connectivity index (χ4n) is 1.87. The van der Waals surface area contributed by atoms with E-state index in [2.05, 4.69) is 15.6 Å². The van der Waals surface area contributed by atoms with Gasteiger partial charge in [-0.2, -0.15) is 4.98 Å². The highest BCUT2D eigenvalue weighted by atomic mass is 35.5. The minimum Gasteiger partial charge on any atom is -0.459 e. The fourth-order valence-corrected chi connectivity index (χ4v) is 2.05. The van der Waals surface area contributed by atoms with E-state index in [4.69, 9.17) is 20.4 Å². The van der Waals surface area contributed by atoms with Gasteiger partial charge in [-0.25, -0.2) is 0 Å². The van der Waals surface area contributed by atoms with Gasteiger partial charge in [0.1, 0.15) is 6.26 Å². The molecule has 3 aromatic rings. The van der Waals surface area contributed by atoms with Gasteiger partial charge < -0.3 is 14.2 Å². The first kappa shape index (κ1) is 15.8. The second kappa shape index (κ2) is 6.59. The van der Waals surface area contributed by atoms with Crippen molar-refractivity contribution in [1.29, 1.82) is 0 Å². The summed E-state index contributed by atoms with van der Waals surface area (Å²) >= 11 is 6.01. The molecule has 2 heterocycles. The van der Waals surface area contributed by atoms with Crippen LogP contribution in [0.5, 0.6) is 0 Å². The molecule has 7 nitrogen and oxygen atoms in total. The Kier molecular flexibility index (Phi) is 4.35. The smallest absolute Gasteiger partial charge is 0.302 e. The lowest BCUT2D eigenvalue weighted by Gasteiger charge is -2.04. The van der Waals surface area contributed by atoms with Gasteiger partial charge in [-0.3, -0.25) is 14.9 Å². The Hall–Kier alpha value is -3.06. The van der Waals surface area contributed by atoms with Crippen molar-refractivity contribution in [2.75, 3.05) is 10.6 Å². The highest BCUT2D eigenvalue weighted by Gasteiger charge is 2.16. The predicted molar refractivity (Wildman–Crippen MR) is 87.3 cm³/mol. The number of aryl methyl sites for hydroxylation is 1. The van der Waals surface area contributed by atoms with Crippen LogP contribution in [0.3, 0.4) is 0 Å². The zero-order valence-electron chi connectivity index (χ0n) is 12.5. The Morgan fingerprint density at radius 2 is 1.96 bits per heavy atom. The third-order valence-electron chi connectivity index (χ3n) is 3.13. The molecular weight excluding hydrogens is 334 g/mol. The van der Waals surface area contributed by atoms with Crippen molar-refractivity contribution < 1.29 is 18.4 Å². The van der Waals surface area contributed by atoms with E-state index < -0.39 is 11.8 Å². The van der Waals surface area contributed by atoms with E-state index in [1.54, 1.807) is 24.3 Å². The molecule has 0 saturated heterocycles. The molecule has 0 aliphatic carbocycles. The van der Waals surface area contributed by atoms with E-state index in [0.717, 1.165) is 11.8 Å². The number of nitrogens with one attached hydrogen (secondary N) is 2. The molecule has 0 spiro atoms. The van der Waals surface area contributed by atoms with Crippen LogP contribution in [-0.4, -0.2) is 16.8 Å². The molecule has 8 heteroatoms. The number of hydrogen-bond donors (Lipinski definition) is 2. The van der Waals surface area contributed by atoms with E-state index in [0.29, 0.717) is 10.7 Å². The summed E-state index contributed by atoms with van der Waals surface area (Å²) in [6, 6.07) is 8.11. The topological polar surface area (TPSA) is 97.4 Å². The zero-order chi connectivity index (χ0) is 17.1. The van der Waals surface area contributed by atoms with Gasteiger partial charge in [0.2, 0.25) is 0 Å². The predicted octanol–water partition coefficient (Wildman–Crippen LogP) is 3.73. The molecule has 0 radical (unpaired) electrons. The average Bonchev–Trinajstić information content (AvgIpc) is 3.22. The maximum atomic E-state index is 12.1. The molecule has 1 aromatic carbocycles. The van der Waals surface area contributed by atoms with Crippen molar-refractivity contribution >= 4 is 35.1 Å². The summed E-state index contributed by atoms with van der Waals surface area (Å²) < 4.78 is 10.0. The molecule has 0 saturated carbocycles. The largest absolute Gasteiger partial charge is 0.459 e. The maximum Gasteiger partial charge on any atom is 0.302 e. The number of anilines is 2. The summed E-state index contributed by atoms with van der Waals surface area (Å²) in [6.07, 6.45) is 2.51. The molecule has 2 N–H and O–H groups in total. The molecule has 3 rings (SSSR count). The summed E-state index contributed by atoms with van der Waals surface area (Å²) in [4.78, 5) is 27.8. The Morgan fingerprint density at radius 3 is 2.67 bits per heavy atom. The van der Waals surface area contributed by atoms with Crippen molar-refractivity contribution in [3.63, 3.8) is 0 Å². The minimum absolute atomic E-state index is 0.0152. The van der Waals surface area contributed by atoms with Crippen LogP contribution in [0.2, 0.25) is 5.02 Å². The highest BCUT2D eigenvalue weighted by molar-refractivity contribution is 6.31. The lowest BCUT2D eigenvalue weighted by Crippen LogP contribution is -2.14. The minimum atomic E-state index is -0.529. The summed E-state index contributed by atoms with van der Waals surface area (Å²) in [5, 5.41) is 5.57. The molecular formula is C16H12ClN3O4. The van der Waals surface area contributed by atoms with E-state index >= 15 is 0 Å². The van der Waals surface area contributed by atoms with Crippen molar-refractivity contribution in [3.8, 4) is 0 Å². The number of carbonyl (C=O) groups excluding carboxylic acids is 2. The van der Waals surface area contributed by atoms with Gasteiger partial charge in [-0.15, -0.1) is 0 Å². The van der Waals surface area contributed by atoms with Crippen LogP contribution in [0.15, 0.2) is 51.7 Å². The number of benzene rings is 1. The van der Waals surface area contributed by atoms with E-state index in [1.807, 2.05) is 6.92 Å². The highest BCUT2D eigenvalue weighted by Crippen LogP contribution is 2.20. The number of amides is 2. The van der Waals surface area contributed by atoms with E-state index in [9.17, 15) is 9.59 Å². The lowest BCUT2D eigenvalue weighted by atomic mass is 10.2. The number of oxazole rings is 1. The van der Waals surface area contributed by atoms with E-state index in [-0.39, 0.29) is 17.5 Å². The van der Waals surface area contributed by atoms with Gasteiger partial charge in [-0.1, -0.05) is 17.7 Å². The van der Waals surface area contributed by atoms with Crippen LogP contribution in [0.25, 0.3) is 0 Å². The molecule has 0 bridgehead atoms. The Labute approximate surface area is 141 Å². The molecule has 0 fully saturated rings. The van der Waals surface area contributed by atoms with Crippen molar-refractivity contribution in [3.05, 3.63) is 64.9 Å². The fraction of sp³-hybridized carbons (Fsp3) is 0.0625. The second-order valence-electron chi connectivity index (χ2n) is 4.89. The van der Waals surface area contributed by atoms with Gasteiger partial charge in [0, 0.05) is 10.7 Å². The first-order valence-corrected chi connectivity index (χ1v) is 7.28. The monoisotopic (exact) mass is 345 g/mol. The molecule has 2 aromatic heterocycles. The summed E-state index contributed by atoms with van der Waals surface area (Å²) in [6.45, 7) is 1.86. The van der Waals surface area contributed by atoms with Gasteiger partial charge in [0.25, 0.3) is 11.8 Å². The van der Waals surface area contributed by atoms with Gasteiger partial charge in [0.15, 0.2) is 11.5 Å². The van der Waals surface area contributed by atoms with Crippen molar-refractivity contribution in [2.45, 2.75) is 6.92 Å². The number of furan rings is 1. The van der Waals surface area contributed by atoms with Crippen LogP contribution in [0.1, 0.15) is 26.6 Å². The number of rotatable bonds is 4. The van der Waals surface area contributed by atoms with Crippen LogP contribution in [-0.2, 0) is 0 Å². The molecule has 0 atom stereocenters. The van der Waals surface area contributed by atoms with Crippen molar-refractivity contribution in [1.82, 2.24) is 4.98 Å². The van der Waals surface area contributed by atoms with Gasteiger partial charge in [0.05, 0.1) is 6.26 Å². The Balaban J connectivity index is 1.67. The third-order valence-corrected chi connectivity index (χ3v) is 3.54. The first-order chi connectivity index (χ1) is 11.5. The van der Waals surface area contributed by atoms with Crippen LogP contribution in [0.4, 0.5) is 11.7 Å².